The molecule has 1 aromatic heterocycles. The number of aromatic nitrogens is 4. The molecule has 1 aliphatic rings. The number of benzene rings is 2. The van der Waals surface area contributed by atoms with Crippen LogP contribution in [0.2, 0.25) is 5.02 Å². The van der Waals surface area contributed by atoms with Crippen LogP contribution in [0.1, 0.15) is 31.0 Å². The number of rotatable bonds is 5. The number of carbonyl (C=O) groups is 1. The number of carbonyl (C=O) groups excluding carboxylic acids is 1. The Bertz CT molecular complexity index is 1030. The summed E-state index contributed by atoms with van der Waals surface area (Å²) in [5.74, 6) is 0.415. The van der Waals surface area contributed by atoms with Gasteiger partial charge in [0.25, 0.3) is 5.95 Å². The van der Waals surface area contributed by atoms with Crippen molar-refractivity contribution in [2.45, 2.75) is 25.9 Å². The molecular formula is C21H21ClN6O. The second kappa shape index (κ2) is 8.05. The van der Waals surface area contributed by atoms with Crippen LogP contribution in [-0.4, -0.2) is 38.7 Å². The van der Waals surface area contributed by atoms with Crippen LogP contribution in [0.4, 0.5) is 5.95 Å². The van der Waals surface area contributed by atoms with Crippen molar-refractivity contribution in [3.8, 4) is 0 Å². The topological polar surface area (TPSA) is 75.9 Å². The summed E-state index contributed by atoms with van der Waals surface area (Å²) in [5.41, 5.74) is 2.84. The molecule has 1 amide bonds. The normalized spacial score (nSPS) is 15.8. The van der Waals surface area contributed by atoms with Gasteiger partial charge < -0.3 is 5.32 Å². The zero-order valence-electron chi connectivity index (χ0n) is 16.2. The standard InChI is InChI=1S/C21H21ClN6O/c1-14(2)23-20(29)13-27-18(16-8-10-17(22)11-9-16)12-19(15-6-4-3-5-7-15)28-21(27)24-25-26-28/h3-12,14,19H,13H2,1-2H3,(H,23,29)/t19-/m1/s1. The molecule has 1 aliphatic heterocycles. The molecular weight excluding hydrogens is 388 g/mol. The molecule has 4 rings (SSSR count). The SMILES string of the molecule is CC(C)NC(=O)CN1C(c2ccc(Cl)cc2)=C[C@H](c2ccccc2)n2nnnc21. The highest BCUT2D eigenvalue weighted by Crippen LogP contribution is 2.36. The Morgan fingerprint density at radius 3 is 2.55 bits per heavy atom. The molecule has 148 valence electrons. The molecule has 7 nitrogen and oxygen atoms in total. The molecule has 1 N–H and O–H groups in total. The van der Waals surface area contributed by atoms with E-state index in [0.717, 1.165) is 16.8 Å². The van der Waals surface area contributed by atoms with Crippen molar-refractivity contribution in [2.75, 3.05) is 11.4 Å². The predicted molar refractivity (Wildman–Crippen MR) is 112 cm³/mol. The first kappa shape index (κ1) is 19.1. The summed E-state index contributed by atoms with van der Waals surface area (Å²) < 4.78 is 1.73. The van der Waals surface area contributed by atoms with Crippen molar-refractivity contribution in [1.29, 1.82) is 0 Å². The van der Waals surface area contributed by atoms with E-state index in [4.69, 9.17) is 11.6 Å². The Morgan fingerprint density at radius 1 is 1.14 bits per heavy atom. The molecule has 1 atom stereocenters. The van der Waals surface area contributed by atoms with Crippen LogP contribution in [0.5, 0.6) is 0 Å². The number of nitrogens with zero attached hydrogens (tertiary/aromatic N) is 5. The lowest BCUT2D eigenvalue weighted by molar-refractivity contribution is -0.120. The molecule has 0 spiro atoms. The fourth-order valence-corrected chi connectivity index (χ4v) is 3.52. The Kier molecular flexibility index (Phi) is 5.31. The molecule has 2 aromatic carbocycles. The number of hydrogen-bond donors (Lipinski definition) is 1. The molecule has 0 unspecified atom stereocenters. The molecule has 0 saturated heterocycles. The molecule has 0 radical (unpaired) electrons. The van der Waals surface area contributed by atoms with Crippen molar-refractivity contribution in [3.63, 3.8) is 0 Å². The van der Waals surface area contributed by atoms with Gasteiger partial charge in [0.05, 0.1) is 5.70 Å². The van der Waals surface area contributed by atoms with Crippen LogP contribution in [0, 0.1) is 0 Å². The van der Waals surface area contributed by atoms with Gasteiger partial charge in [-0.15, -0.1) is 0 Å². The number of allylic oxidation sites excluding steroid dienone is 1. The van der Waals surface area contributed by atoms with E-state index in [2.05, 4.69) is 26.9 Å². The molecule has 8 heteroatoms. The second-order valence-electron chi connectivity index (χ2n) is 7.15. The van der Waals surface area contributed by atoms with Crippen LogP contribution in [0.3, 0.4) is 0 Å². The molecule has 0 saturated carbocycles. The van der Waals surface area contributed by atoms with Crippen LogP contribution < -0.4 is 10.2 Å². The smallest absolute Gasteiger partial charge is 0.251 e. The molecule has 0 aliphatic carbocycles. The van der Waals surface area contributed by atoms with E-state index < -0.39 is 0 Å². The number of halogens is 1. The van der Waals surface area contributed by atoms with Gasteiger partial charge in [0, 0.05) is 11.1 Å². The summed E-state index contributed by atoms with van der Waals surface area (Å²) in [7, 11) is 0. The Balaban J connectivity index is 1.80. The van der Waals surface area contributed by atoms with Gasteiger partial charge in [0.1, 0.15) is 12.6 Å². The van der Waals surface area contributed by atoms with Gasteiger partial charge in [-0.25, -0.2) is 0 Å². The summed E-state index contributed by atoms with van der Waals surface area (Å²) in [5, 5.41) is 15.9. The minimum absolute atomic E-state index is 0.0447. The van der Waals surface area contributed by atoms with Crippen LogP contribution in [0.25, 0.3) is 5.70 Å². The third kappa shape index (κ3) is 4.00. The number of fused-ring (bicyclic) bond motifs is 1. The van der Waals surface area contributed by atoms with Crippen molar-refractivity contribution in [1.82, 2.24) is 25.5 Å². The molecule has 2 heterocycles. The number of anilines is 1. The van der Waals surface area contributed by atoms with Gasteiger partial charge in [-0.1, -0.05) is 59.2 Å². The van der Waals surface area contributed by atoms with E-state index in [1.807, 2.05) is 73.3 Å². The number of amides is 1. The zero-order chi connectivity index (χ0) is 20.4. The van der Waals surface area contributed by atoms with Gasteiger partial charge in [-0.2, -0.15) is 4.68 Å². The molecule has 29 heavy (non-hydrogen) atoms. The Labute approximate surface area is 174 Å². The van der Waals surface area contributed by atoms with E-state index in [-0.39, 0.29) is 24.5 Å². The van der Waals surface area contributed by atoms with Gasteiger partial charge in [0.2, 0.25) is 5.91 Å². The van der Waals surface area contributed by atoms with E-state index in [1.54, 1.807) is 4.68 Å². The van der Waals surface area contributed by atoms with E-state index in [9.17, 15) is 4.79 Å². The van der Waals surface area contributed by atoms with E-state index in [0.29, 0.717) is 11.0 Å². The highest BCUT2D eigenvalue weighted by molar-refractivity contribution is 6.30. The maximum atomic E-state index is 12.6. The number of hydrogen-bond acceptors (Lipinski definition) is 5. The largest absolute Gasteiger partial charge is 0.352 e. The fraction of sp³-hybridized carbons (Fsp3) is 0.238. The minimum atomic E-state index is -0.184. The summed E-state index contributed by atoms with van der Waals surface area (Å²) in [4.78, 5) is 14.4. The summed E-state index contributed by atoms with van der Waals surface area (Å²) in [6, 6.07) is 17.4. The first-order valence-corrected chi connectivity index (χ1v) is 9.78. The zero-order valence-corrected chi connectivity index (χ0v) is 16.9. The third-order valence-electron chi connectivity index (χ3n) is 4.62. The quantitative estimate of drug-likeness (QED) is 0.701. The summed E-state index contributed by atoms with van der Waals surface area (Å²) in [6.07, 6.45) is 2.07. The Hall–Kier alpha value is -3.19. The van der Waals surface area contributed by atoms with Crippen molar-refractivity contribution >= 4 is 29.2 Å². The van der Waals surface area contributed by atoms with Gasteiger partial charge in [-0.05, 0) is 53.6 Å². The second-order valence-corrected chi connectivity index (χ2v) is 7.58. The maximum absolute atomic E-state index is 12.6. The predicted octanol–water partition coefficient (Wildman–Crippen LogP) is 3.30. The summed E-state index contributed by atoms with van der Waals surface area (Å²) in [6.45, 7) is 3.97. The van der Waals surface area contributed by atoms with Crippen molar-refractivity contribution in [2.24, 2.45) is 0 Å². The molecule has 0 fully saturated rings. The van der Waals surface area contributed by atoms with Crippen LogP contribution in [0.15, 0.2) is 60.7 Å². The van der Waals surface area contributed by atoms with E-state index in [1.165, 1.54) is 0 Å². The van der Waals surface area contributed by atoms with Crippen molar-refractivity contribution in [3.05, 3.63) is 76.8 Å². The lowest BCUT2D eigenvalue weighted by atomic mass is 10.0. The van der Waals surface area contributed by atoms with Gasteiger partial charge in [-0.3, -0.25) is 9.69 Å². The average molecular weight is 409 g/mol. The van der Waals surface area contributed by atoms with E-state index >= 15 is 0 Å². The minimum Gasteiger partial charge on any atom is -0.352 e. The highest BCUT2D eigenvalue weighted by Gasteiger charge is 2.31. The first-order chi connectivity index (χ1) is 14.0. The van der Waals surface area contributed by atoms with Gasteiger partial charge in [0.15, 0.2) is 0 Å². The van der Waals surface area contributed by atoms with Crippen molar-refractivity contribution < 1.29 is 4.79 Å². The van der Waals surface area contributed by atoms with Gasteiger partial charge >= 0.3 is 0 Å². The van der Waals surface area contributed by atoms with Crippen LogP contribution >= 0.6 is 11.6 Å². The summed E-state index contributed by atoms with van der Waals surface area (Å²) >= 11 is 6.08. The first-order valence-electron chi connectivity index (χ1n) is 9.40. The third-order valence-corrected chi connectivity index (χ3v) is 4.87. The fourth-order valence-electron chi connectivity index (χ4n) is 3.39. The molecule has 3 aromatic rings. The average Bonchev–Trinajstić information content (AvgIpc) is 3.19. The lowest BCUT2D eigenvalue weighted by Gasteiger charge is -2.32. The monoisotopic (exact) mass is 408 g/mol. The number of tetrazole rings is 1. The maximum Gasteiger partial charge on any atom is 0.251 e. The molecule has 0 bridgehead atoms. The highest BCUT2D eigenvalue weighted by atomic mass is 35.5. The Morgan fingerprint density at radius 2 is 1.86 bits per heavy atom. The number of nitrogens with one attached hydrogen (secondary N) is 1. The lowest BCUT2D eigenvalue weighted by Crippen LogP contribution is -2.42. The van der Waals surface area contributed by atoms with Crippen LogP contribution in [-0.2, 0) is 4.79 Å².